The molecule has 0 aliphatic carbocycles. The SMILES string of the molecule is COc1cc(OC)c(/C=N/N=C/c2cc(Br)c(OC)cc2OC)cc1Br. The summed E-state index contributed by atoms with van der Waals surface area (Å²) in [5, 5.41) is 8.18. The molecule has 0 aromatic heterocycles. The van der Waals surface area contributed by atoms with Gasteiger partial charge in [-0.15, -0.1) is 0 Å². The molecule has 6 nitrogen and oxygen atoms in total. The molecule has 0 amide bonds. The molecule has 0 atom stereocenters. The van der Waals surface area contributed by atoms with E-state index in [0.717, 1.165) is 20.1 Å². The summed E-state index contributed by atoms with van der Waals surface area (Å²) in [4.78, 5) is 0. The Hall–Kier alpha value is -2.06. The van der Waals surface area contributed by atoms with Gasteiger partial charge in [-0.2, -0.15) is 10.2 Å². The molecule has 0 spiro atoms. The van der Waals surface area contributed by atoms with Crippen molar-refractivity contribution >= 4 is 44.3 Å². The van der Waals surface area contributed by atoms with Crippen molar-refractivity contribution in [3.05, 3.63) is 44.3 Å². The molecular weight excluding hydrogens is 468 g/mol. The summed E-state index contributed by atoms with van der Waals surface area (Å²) in [6.07, 6.45) is 3.20. The van der Waals surface area contributed by atoms with E-state index in [0.29, 0.717) is 23.0 Å². The maximum absolute atomic E-state index is 5.35. The average Bonchev–Trinajstić information content (AvgIpc) is 2.65. The van der Waals surface area contributed by atoms with Gasteiger partial charge in [-0.05, 0) is 44.0 Å². The van der Waals surface area contributed by atoms with Crippen LogP contribution in [0.2, 0.25) is 0 Å². The van der Waals surface area contributed by atoms with Crippen LogP contribution in [0, 0.1) is 0 Å². The lowest BCUT2D eigenvalue weighted by molar-refractivity contribution is 0.392. The zero-order valence-electron chi connectivity index (χ0n) is 14.7. The monoisotopic (exact) mass is 484 g/mol. The van der Waals surface area contributed by atoms with Gasteiger partial charge in [0.1, 0.15) is 23.0 Å². The Balaban J connectivity index is 2.26. The molecule has 0 N–H and O–H groups in total. The van der Waals surface area contributed by atoms with E-state index in [1.165, 1.54) is 0 Å². The van der Waals surface area contributed by atoms with Crippen LogP contribution >= 0.6 is 31.9 Å². The average molecular weight is 486 g/mol. The maximum Gasteiger partial charge on any atom is 0.136 e. The van der Waals surface area contributed by atoms with Gasteiger partial charge in [0.2, 0.25) is 0 Å². The van der Waals surface area contributed by atoms with E-state index < -0.39 is 0 Å². The summed E-state index contributed by atoms with van der Waals surface area (Å²) >= 11 is 6.89. The smallest absolute Gasteiger partial charge is 0.136 e. The summed E-state index contributed by atoms with van der Waals surface area (Å²) in [6.45, 7) is 0. The molecule has 0 unspecified atom stereocenters. The number of hydrogen-bond donors (Lipinski definition) is 0. The van der Waals surface area contributed by atoms with Gasteiger partial charge in [0.15, 0.2) is 0 Å². The van der Waals surface area contributed by atoms with Crippen molar-refractivity contribution < 1.29 is 18.9 Å². The Bertz CT molecular complexity index is 769. The first-order chi connectivity index (χ1) is 12.5. The highest BCUT2D eigenvalue weighted by molar-refractivity contribution is 9.10. The zero-order chi connectivity index (χ0) is 19.1. The van der Waals surface area contributed by atoms with Gasteiger partial charge in [0.05, 0.1) is 49.8 Å². The third-order valence-electron chi connectivity index (χ3n) is 3.47. The summed E-state index contributed by atoms with van der Waals surface area (Å²) in [6, 6.07) is 7.25. The first-order valence-electron chi connectivity index (χ1n) is 7.43. The van der Waals surface area contributed by atoms with Crippen LogP contribution in [0.5, 0.6) is 23.0 Å². The highest BCUT2D eigenvalue weighted by atomic mass is 79.9. The minimum atomic E-state index is 0.633. The van der Waals surface area contributed by atoms with Gasteiger partial charge in [-0.3, -0.25) is 0 Å². The third kappa shape index (κ3) is 4.76. The van der Waals surface area contributed by atoms with E-state index >= 15 is 0 Å². The molecule has 0 heterocycles. The Morgan fingerprint density at radius 3 is 1.27 bits per heavy atom. The largest absolute Gasteiger partial charge is 0.496 e. The quantitative estimate of drug-likeness (QED) is 0.421. The lowest BCUT2D eigenvalue weighted by atomic mass is 10.2. The summed E-state index contributed by atoms with van der Waals surface area (Å²) in [5.41, 5.74) is 1.53. The van der Waals surface area contributed by atoms with Crippen molar-refractivity contribution in [3.63, 3.8) is 0 Å². The standard InChI is InChI=1S/C18H18Br2N2O4/c1-23-15-7-17(25-3)13(19)5-11(15)9-21-22-10-12-6-14(20)18(26-4)8-16(12)24-2/h5-10H,1-4H3/b21-9+,22-10+. The molecule has 2 aromatic carbocycles. The molecule has 0 saturated carbocycles. The van der Waals surface area contributed by atoms with Crippen LogP contribution in [0.4, 0.5) is 0 Å². The number of methoxy groups -OCH3 is 4. The predicted octanol–water partition coefficient (Wildman–Crippen LogP) is 4.70. The molecular formula is C18H18Br2N2O4. The highest BCUT2D eigenvalue weighted by Gasteiger charge is 2.09. The van der Waals surface area contributed by atoms with Crippen molar-refractivity contribution in [3.8, 4) is 23.0 Å². The Kier molecular flexibility index (Phi) is 7.47. The predicted molar refractivity (Wildman–Crippen MR) is 110 cm³/mol. The topological polar surface area (TPSA) is 61.6 Å². The molecule has 0 aliphatic rings. The van der Waals surface area contributed by atoms with Crippen molar-refractivity contribution in [1.29, 1.82) is 0 Å². The molecule has 0 radical (unpaired) electrons. The number of hydrogen-bond acceptors (Lipinski definition) is 6. The van der Waals surface area contributed by atoms with Gasteiger partial charge in [0, 0.05) is 23.3 Å². The van der Waals surface area contributed by atoms with Crippen LogP contribution in [0.15, 0.2) is 43.4 Å². The van der Waals surface area contributed by atoms with E-state index in [4.69, 9.17) is 18.9 Å². The second-order valence-corrected chi connectivity index (χ2v) is 6.66. The van der Waals surface area contributed by atoms with Crippen LogP contribution in [-0.2, 0) is 0 Å². The van der Waals surface area contributed by atoms with Crippen molar-refractivity contribution in [1.82, 2.24) is 0 Å². The van der Waals surface area contributed by atoms with Gasteiger partial charge in [-0.25, -0.2) is 0 Å². The van der Waals surface area contributed by atoms with Crippen LogP contribution in [0.25, 0.3) is 0 Å². The zero-order valence-corrected chi connectivity index (χ0v) is 17.9. The number of nitrogens with zero attached hydrogens (tertiary/aromatic N) is 2. The second-order valence-electron chi connectivity index (χ2n) is 4.95. The molecule has 8 heteroatoms. The lowest BCUT2D eigenvalue weighted by Crippen LogP contribution is -1.94. The maximum atomic E-state index is 5.35. The van der Waals surface area contributed by atoms with Gasteiger partial charge in [-0.1, -0.05) is 0 Å². The Morgan fingerprint density at radius 1 is 0.615 bits per heavy atom. The molecule has 0 fully saturated rings. The number of rotatable bonds is 7. The summed E-state index contributed by atoms with van der Waals surface area (Å²) in [7, 11) is 6.36. The Labute approximate surface area is 169 Å². The van der Waals surface area contributed by atoms with Crippen LogP contribution < -0.4 is 18.9 Å². The van der Waals surface area contributed by atoms with Crippen LogP contribution in [0.3, 0.4) is 0 Å². The molecule has 0 aliphatic heterocycles. The van der Waals surface area contributed by atoms with Gasteiger partial charge >= 0.3 is 0 Å². The van der Waals surface area contributed by atoms with E-state index in [2.05, 4.69) is 42.1 Å². The molecule has 2 rings (SSSR count). The number of benzene rings is 2. The van der Waals surface area contributed by atoms with Crippen molar-refractivity contribution in [2.75, 3.05) is 28.4 Å². The highest BCUT2D eigenvalue weighted by Crippen LogP contribution is 2.33. The van der Waals surface area contributed by atoms with Crippen molar-refractivity contribution in [2.24, 2.45) is 10.2 Å². The normalized spacial score (nSPS) is 11.2. The molecule has 0 bridgehead atoms. The van der Waals surface area contributed by atoms with Gasteiger partial charge in [0.25, 0.3) is 0 Å². The van der Waals surface area contributed by atoms with Gasteiger partial charge < -0.3 is 18.9 Å². The first-order valence-corrected chi connectivity index (χ1v) is 9.02. The van der Waals surface area contributed by atoms with E-state index in [-0.39, 0.29) is 0 Å². The fraction of sp³-hybridized carbons (Fsp3) is 0.222. The van der Waals surface area contributed by atoms with Crippen molar-refractivity contribution in [2.45, 2.75) is 0 Å². The lowest BCUT2D eigenvalue weighted by Gasteiger charge is -2.09. The molecule has 2 aromatic rings. The fourth-order valence-electron chi connectivity index (χ4n) is 2.16. The fourth-order valence-corrected chi connectivity index (χ4v) is 3.21. The first kappa shape index (κ1) is 20.3. The van der Waals surface area contributed by atoms with Crippen LogP contribution in [-0.4, -0.2) is 40.9 Å². The van der Waals surface area contributed by atoms with E-state index in [9.17, 15) is 0 Å². The minimum Gasteiger partial charge on any atom is -0.496 e. The van der Waals surface area contributed by atoms with E-state index in [1.54, 1.807) is 53.0 Å². The minimum absolute atomic E-state index is 0.633. The summed E-state index contributed by atoms with van der Waals surface area (Å²) in [5.74, 6) is 2.62. The second kappa shape index (κ2) is 9.59. The third-order valence-corrected chi connectivity index (χ3v) is 4.71. The van der Waals surface area contributed by atoms with E-state index in [1.807, 2.05) is 12.1 Å². The molecule has 0 saturated heterocycles. The Morgan fingerprint density at radius 2 is 0.962 bits per heavy atom. The number of halogens is 2. The van der Waals surface area contributed by atoms with Crippen LogP contribution in [0.1, 0.15) is 11.1 Å². The summed E-state index contributed by atoms with van der Waals surface area (Å²) < 4.78 is 22.8. The number of ether oxygens (including phenoxy) is 4. The molecule has 138 valence electrons. The molecule has 26 heavy (non-hydrogen) atoms.